The number of hydrogen-bond donors (Lipinski definition) is 2. The van der Waals surface area contributed by atoms with Crippen LogP contribution in [0, 0.1) is 24.2 Å². The van der Waals surface area contributed by atoms with E-state index in [0.29, 0.717) is 28.1 Å². The van der Waals surface area contributed by atoms with Gasteiger partial charge in [-0.3, -0.25) is 4.79 Å². The van der Waals surface area contributed by atoms with E-state index in [4.69, 9.17) is 10.3 Å². The predicted molar refractivity (Wildman–Crippen MR) is 79.0 cm³/mol. The smallest absolute Gasteiger partial charge is 0.223 e. The number of anilines is 2. The minimum Gasteiger partial charge on any atom is -0.396 e. The number of carbonyl (C=O) groups is 1. The molecule has 0 saturated heterocycles. The molecule has 8 heteroatoms. The topological polar surface area (TPSA) is 118 Å². The molecule has 0 aliphatic heterocycles. The summed E-state index contributed by atoms with van der Waals surface area (Å²) in [5.41, 5.74) is 6.42. The van der Waals surface area contributed by atoms with Crippen molar-refractivity contribution in [3.63, 3.8) is 0 Å². The highest BCUT2D eigenvalue weighted by Crippen LogP contribution is 2.36. The second kappa shape index (κ2) is 5.93. The van der Waals surface area contributed by atoms with Gasteiger partial charge in [-0.15, -0.1) is 11.3 Å². The number of Topliss-reactive ketones (excluding diaryl/α,β-unsaturated/α-hetero) is 1. The third-order valence-corrected chi connectivity index (χ3v) is 3.96. The summed E-state index contributed by atoms with van der Waals surface area (Å²) in [5, 5.41) is 16.5. The van der Waals surface area contributed by atoms with Gasteiger partial charge in [0.05, 0.1) is 17.1 Å². The Bertz CT molecular complexity index is 711. The van der Waals surface area contributed by atoms with Crippen LogP contribution in [0.25, 0.3) is 0 Å². The Hall–Kier alpha value is -2.40. The van der Waals surface area contributed by atoms with Gasteiger partial charge in [0.1, 0.15) is 16.6 Å². The summed E-state index contributed by atoms with van der Waals surface area (Å²) in [6.45, 7) is 5.58. The number of rotatable bonds is 5. The zero-order valence-electron chi connectivity index (χ0n) is 11.9. The highest BCUT2D eigenvalue weighted by atomic mass is 32.1. The Morgan fingerprint density at radius 2 is 2.29 bits per heavy atom. The van der Waals surface area contributed by atoms with Gasteiger partial charge in [0.2, 0.25) is 5.89 Å². The Kier molecular flexibility index (Phi) is 4.23. The molecule has 110 valence electrons. The molecule has 3 N–H and O–H groups in total. The van der Waals surface area contributed by atoms with Gasteiger partial charge in [0.15, 0.2) is 11.6 Å². The van der Waals surface area contributed by atoms with E-state index in [1.54, 1.807) is 20.8 Å². The van der Waals surface area contributed by atoms with Crippen LogP contribution in [0.5, 0.6) is 0 Å². The number of nitrogens with one attached hydrogen (secondary N) is 1. The van der Waals surface area contributed by atoms with Gasteiger partial charge in [-0.05, 0) is 0 Å². The highest BCUT2D eigenvalue weighted by Gasteiger charge is 2.22. The van der Waals surface area contributed by atoms with E-state index < -0.39 is 0 Å². The molecule has 2 rings (SSSR count). The van der Waals surface area contributed by atoms with Crippen LogP contribution < -0.4 is 11.1 Å². The lowest BCUT2D eigenvalue weighted by molar-refractivity contribution is 0.0944. The number of thiophene rings is 1. The molecule has 0 unspecified atom stereocenters. The normalized spacial score (nSPS) is 10.6. The SMILES string of the molecule is Cc1nc(CNc2sc(C(=O)C(C)C)c(N)c2C#N)no1. The Labute approximate surface area is 125 Å². The lowest BCUT2D eigenvalue weighted by atomic mass is 10.1. The number of nitriles is 1. The molecular formula is C13H15N5O2S. The number of hydrogen-bond acceptors (Lipinski definition) is 8. The molecule has 0 fully saturated rings. The average Bonchev–Trinajstić information content (AvgIpc) is 2.99. The molecule has 0 aromatic carbocycles. The minimum atomic E-state index is -0.176. The van der Waals surface area contributed by atoms with Crippen LogP contribution in [-0.2, 0) is 6.54 Å². The number of carbonyl (C=O) groups excluding carboxylic acids is 1. The first-order chi connectivity index (χ1) is 9.93. The summed E-state index contributed by atoms with van der Waals surface area (Å²) >= 11 is 1.18. The monoisotopic (exact) mass is 305 g/mol. The zero-order valence-corrected chi connectivity index (χ0v) is 12.7. The second-order valence-electron chi connectivity index (χ2n) is 4.76. The quantitative estimate of drug-likeness (QED) is 0.814. The van der Waals surface area contributed by atoms with Crippen molar-refractivity contribution >= 4 is 27.8 Å². The molecule has 2 aromatic heterocycles. The minimum absolute atomic E-state index is 0.0718. The second-order valence-corrected chi connectivity index (χ2v) is 5.78. The van der Waals surface area contributed by atoms with Crippen LogP contribution in [0.3, 0.4) is 0 Å². The van der Waals surface area contributed by atoms with Gasteiger partial charge < -0.3 is 15.6 Å². The average molecular weight is 305 g/mol. The third kappa shape index (κ3) is 3.03. The van der Waals surface area contributed by atoms with Crippen molar-refractivity contribution in [3.8, 4) is 6.07 Å². The first kappa shape index (κ1) is 15.0. The number of ketones is 1. The maximum Gasteiger partial charge on any atom is 0.223 e. The maximum absolute atomic E-state index is 12.1. The summed E-state index contributed by atoms with van der Waals surface area (Å²) in [6, 6.07) is 2.03. The Morgan fingerprint density at radius 1 is 1.57 bits per heavy atom. The lowest BCUT2D eigenvalue weighted by Crippen LogP contribution is -2.07. The van der Waals surface area contributed by atoms with Gasteiger partial charge >= 0.3 is 0 Å². The van der Waals surface area contributed by atoms with Crippen molar-refractivity contribution in [2.24, 2.45) is 5.92 Å². The van der Waals surface area contributed by atoms with Crippen LogP contribution in [0.4, 0.5) is 10.7 Å². The van der Waals surface area contributed by atoms with Crippen molar-refractivity contribution in [2.75, 3.05) is 11.1 Å². The van der Waals surface area contributed by atoms with Crippen molar-refractivity contribution in [3.05, 3.63) is 22.2 Å². The molecule has 7 nitrogen and oxygen atoms in total. The predicted octanol–water partition coefficient (Wildman–Crippen LogP) is 2.34. The van der Waals surface area contributed by atoms with Crippen LogP contribution in [0.2, 0.25) is 0 Å². The fraction of sp³-hybridized carbons (Fsp3) is 0.385. The third-order valence-electron chi connectivity index (χ3n) is 2.78. The first-order valence-corrected chi connectivity index (χ1v) is 7.15. The van der Waals surface area contributed by atoms with Crippen LogP contribution in [0.15, 0.2) is 4.52 Å². The molecule has 0 aliphatic carbocycles. The van der Waals surface area contributed by atoms with E-state index >= 15 is 0 Å². The summed E-state index contributed by atoms with van der Waals surface area (Å²) in [5.74, 6) is 0.691. The molecule has 21 heavy (non-hydrogen) atoms. The van der Waals surface area contributed by atoms with Gasteiger partial charge in [0, 0.05) is 12.8 Å². The van der Waals surface area contributed by atoms with Crippen LogP contribution in [0.1, 0.15) is 40.8 Å². The molecule has 0 radical (unpaired) electrons. The molecule has 2 heterocycles. The molecule has 0 spiro atoms. The fourth-order valence-electron chi connectivity index (χ4n) is 1.70. The van der Waals surface area contributed by atoms with E-state index in [1.807, 2.05) is 6.07 Å². The van der Waals surface area contributed by atoms with Crippen LogP contribution in [-0.4, -0.2) is 15.9 Å². The van der Waals surface area contributed by atoms with E-state index in [9.17, 15) is 10.1 Å². The van der Waals surface area contributed by atoms with Crippen molar-refractivity contribution in [1.82, 2.24) is 10.1 Å². The van der Waals surface area contributed by atoms with Crippen molar-refractivity contribution in [1.29, 1.82) is 5.26 Å². The maximum atomic E-state index is 12.1. The van der Waals surface area contributed by atoms with Gasteiger partial charge in [-0.2, -0.15) is 10.2 Å². The summed E-state index contributed by atoms with van der Waals surface area (Å²) in [4.78, 5) is 16.5. The lowest BCUT2D eigenvalue weighted by Gasteiger charge is -2.01. The number of aromatic nitrogens is 2. The van der Waals surface area contributed by atoms with E-state index in [0.717, 1.165) is 0 Å². The largest absolute Gasteiger partial charge is 0.396 e. The molecule has 0 atom stereocenters. The molecular weight excluding hydrogens is 290 g/mol. The van der Waals surface area contributed by atoms with E-state index in [1.165, 1.54) is 11.3 Å². The first-order valence-electron chi connectivity index (χ1n) is 6.33. The number of nitrogens with two attached hydrogens (primary N) is 1. The van der Waals surface area contributed by atoms with Crippen molar-refractivity contribution < 1.29 is 9.32 Å². The van der Waals surface area contributed by atoms with E-state index in [2.05, 4.69) is 15.5 Å². The highest BCUT2D eigenvalue weighted by molar-refractivity contribution is 7.19. The van der Waals surface area contributed by atoms with Crippen molar-refractivity contribution in [2.45, 2.75) is 27.3 Å². The van der Waals surface area contributed by atoms with Gasteiger partial charge in [-0.1, -0.05) is 19.0 Å². The summed E-state index contributed by atoms with van der Waals surface area (Å²) in [6.07, 6.45) is 0. The molecule has 0 bridgehead atoms. The summed E-state index contributed by atoms with van der Waals surface area (Å²) < 4.78 is 4.87. The fourth-order valence-corrected chi connectivity index (χ4v) is 2.85. The molecule has 0 amide bonds. The molecule has 0 saturated carbocycles. The standard InChI is InChI=1S/C13H15N5O2S/c1-6(2)11(19)12-10(15)8(4-14)13(21-12)16-5-9-17-7(3)20-18-9/h6,16H,5,15H2,1-3H3. The van der Waals surface area contributed by atoms with Gasteiger partial charge in [-0.25, -0.2) is 0 Å². The Morgan fingerprint density at radius 3 is 2.81 bits per heavy atom. The molecule has 0 aliphatic rings. The van der Waals surface area contributed by atoms with Crippen LogP contribution >= 0.6 is 11.3 Å². The zero-order chi connectivity index (χ0) is 15.6. The van der Waals surface area contributed by atoms with Gasteiger partial charge in [0.25, 0.3) is 0 Å². The van der Waals surface area contributed by atoms with E-state index in [-0.39, 0.29) is 23.0 Å². The summed E-state index contributed by atoms with van der Waals surface area (Å²) in [7, 11) is 0. The molecule has 2 aromatic rings. The number of aryl methyl sites for hydroxylation is 1. The number of nitrogen functional groups attached to an aromatic ring is 1. The number of nitrogens with zero attached hydrogens (tertiary/aromatic N) is 3. The Balaban J connectivity index is 2.25.